The second-order valence-electron chi connectivity index (χ2n) is 5.25. The second-order valence-corrected chi connectivity index (χ2v) is 5.25. The molecule has 0 fully saturated rings. The summed E-state index contributed by atoms with van der Waals surface area (Å²) in [5, 5.41) is 12.1. The summed E-state index contributed by atoms with van der Waals surface area (Å²) in [7, 11) is 1.60. The van der Waals surface area contributed by atoms with Crippen molar-refractivity contribution in [3.63, 3.8) is 0 Å². The standard InChI is InChI=1S/C15H23N5O/c1-4-5-6-7-11(2)20-15(17-18-19-20)12-8-9-14(21-3)13(16)10-12/h8-11H,4-7,16H2,1-3H3. The quantitative estimate of drug-likeness (QED) is 0.626. The molecule has 1 aromatic carbocycles. The van der Waals surface area contributed by atoms with E-state index in [0.717, 1.165) is 17.8 Å². The third-order valence-electron chi connectivity index (χ3n) is 3.62. The van der Waals surface area contributed by atoms with Crippen LogP contribution in [0, 0.1) is 0 Å². The van der Waals surface area contributed by atoms with E-state index in [0.29, 0.717) is 11.4 Å². The van der Waals surface area contributed by atoms with E-state index in [-0.39, 0.29) is 6.04 Å². The summed E-state index contributed by atoms with van der Waals surface area (Å²) in [5.41, 5.74) is 7.45. The molecule has 6 heteroatoms. The van der Waals surface area contributed by atoms with Gasteiger partial charge in [0.25, 0.3) is 0 Å². The second kappa shape index (κ2) is 7.06. The summed E-state index contributed by atoms with van der Waals surface area (Å²) in [6, 6.07) is 5.88. The molecule has 2 rings (SSSR count). The summed E-state index contributed by atoms with van der Waals surface area (Å²) < 4.78 is 7.05. The Morgan fingerprint density at radius 3 is 2.81 bits per heavy atom. The minimum Gasteiger partial charge on any atom is -0.495 e. The highest BCUT2D eigenvalue weighted by atomic mass is 16.5. The Morgan fingerprint density at radius 2 is 2.14 bits per heavy atom. The molecular formula is C15H23N5O. The number of nitrogens with zero attached hydrogens (tertiary/aromatic N) is 4. The van der Waals surface area contributed by atoms with Gasteiger partial charge in [0.15, 0.2) is 5.82 Å². The van der Waals surface area contributed by atoms with Crippen LogP contribution in [0.3, 0.4) is 0 Å². The first-order valence-corrected chi connectivity index (χ1v) is 7.39. The maximum absolute atomic E-state index is 5.96. The van der Waals surface area contributed by atoms with Crippen LogP contribution in [0.5, 0.6) is 5.75 Å². The topological polar surface area (TPSA) is 78.8 Å². The maximum Gasteiger partial charge on any atom is 0.182 e. The molecule has 0 aliphatic carbocycles. The number of methoxy groups -OCH3 is 1. The van der Waals surface area contributed by atoms with Crippen molar-refractivity contribution in [1.29, 1.82) is 0 Å². The van der Waals surface area contributed by atoms with Crippen LogP contribution in [0.25, 0.3) is 11.4 Å². The van der Waals surface area contributed by atoms with E-state index in [1.807, 2.05) is 22.9 Å². The Bertz CT molecular complexity index is 581. The minimum atomic E-state index is 0.268. The molecule has 2 aromatic rings. The number of tetrazole rings is 1. The van der Waals surface area contributed by atoms with Crippen molar-refractivity contribution in [2.75, 3.05) is 12.8 Å². The Hall–Kier alpha value is -2.11. The minimum absolute atomic E-state index is 0.268. The van der Waals surface area contributed by atoms with Crippen LogP contribution in [0.4, 0.5) is 5.69 Å². The van der Waals surface area contributed by atoms with E-state index >= 15 is 0 Å². The number of hydrogen-bond acceptors (Lipinski definition) is 5. The predicted molar refractivity (Wildman–Crippen MR) is 83.1 cm³/mol. The summed E-state index contributed by atoms with van der Waals surface area (Å²) in [6.45, 7) is 4.34. The largest absolute Gasteiger partial charge is 0.495 e. The fraction of sp³-hybridized carbons (Fsp3) is 0.533. The molecule has 2 N–H and O–H groups in total. The number of anilines is 1. The normalized spacial score (nSPS) is 12.3. The molecule has 1 unspecified atom stereocenters. The van der Waals surface area contributed by atoms with Gasteiger partial charge in [-0.05, 0) is 42.0 Å². The number of rotatable bonds is 7. The lowest BCUT2D eigenvalue weighted by Gasteiger charge is -2.13. The van der Waals surface area contributed by atoms with Gasteiger partial charge in [-0.1, -0.05) is 26.2 Å². The zero-order valence-electron chi connectivity index (χ0n) is 12.9. The Labute approximate surface area is 125 Å². The van der Waals surface area contributed by atoms with Crippen LogP contribution in [0.15, 0.2) is 18.2 Å². The molecule has 0 bridgehead atoms. The molecule has 0 aliphatic rings. The predicted octanol–water partition coefficient (Wildman–Crippen LogP) is 3.07. The molecule has 0 spiro atoms. The molecular weight excluding hydrogens is 266 g/mol. The highest BCUT2D eigenvalue weighted by Gasteiger charge is 2.15. The van der Waals surface area contributed by atoms with Crippen LogP contribution < -0.4 is 10.5 Å². The zero-order valence-corrected chi connectivity index (χ0v) is 12.9. The van der Waals surface area contributed by atoms with Crippen molar-refractivity contribution in [2.24, 2.45) is 0 Å². The van der Waals surface area contributed by atoms with Gasteiger partial charge in [0.05, 0.1) is 18.8 Å². The van der Waals surface area contributed by atoms with Crippen molar-refractivity contribution < 1.29 is 4.74 Å². The van der Waals surface area contributed by atoms with E-state index in [1.165, 1.54) is 19.3 Å². The molecule has 0 amide bonds. The van der Waals surface area contributed by atoms with Gasteiger partial charge in [-0.15, -0.1) is 5.10 Å². The lowest BCUT2D eigenvalue weighted by molar-refractivity contribution is 0.417. The zero-order chi connectivity index (χ0) is 15.2. The van der Waals surface area contributed by atoms with E-state index in [4.69, 9.17) is 10.5 Å². The third-order valence-corrected chi connectivity index (χ3v) is 3.62. The van der Waals surface area contributed by atoms with E-state index in [1.54, 1.807) is 7.11 Å². The van der Waals surface area contributed by atoms with Gasteiger partial charge in [-0.3, -0.25) is 0 Å². The highest BCUT2D eigenvalue weighted by Crippen LogP contribution is 2.28. The number of nitrogen functional groups attached to an aromatic ring is 1. The van der Waals surface area contributed by atoms with Gasteiger partial charge in [0.1, 0.15) is 5.75 Å². The first-order chi connectivity index (χ1) is 10.2. The van der Waals surface area contributed by atoms with Crippen LogP contribution >= 0.6 is 0 Å². The fourth-order valence-electron chi connectivity index (χ4n) is 2.37. The van der Waals surface area contributed by atoms with Gasteiger partial charge in [0.2, 0.25) is 0 Å². The molecule has 0 saturated carbocycles. The average molecular weight is 289 g/mol. The highest BCUT2D eigenvalue weighted by molar-refractivity contribution is 5.66. The number of nitrogens with two attached hydrogens (primary N) is 1. The van der Waals surface area contributed by atoms with Gasteiger partial charge in [0, 0.05) is 5.56 Å². The molecule has 21 heavy (non-hydrogen) atoms. The monoisotopic (exact) mass is 289 g/mol. The van der Waals surface area contributed by atoms with Gasteiger partial charge in [-0.25, -0.2) is 4.68 Å². The van der Waals surface area contributed by atoms with Crippen molar-refractivity contribution in [1.82, 2.24) is 20.2 Å². The SMILES string of the molecule is CCCCCC(C)n1nnnc1-c1ccc(OC)c(N)c1. The van der Waals surface area contributed by atoms with Crippen molar-refractivity contribution in [3.8, 4) is 17.1 Å². The molecule has 0 saturated heterocycles. The van der Waals surface area contributed by atoms with Crippen molar-refractivity contribution in [2.45, 2.75) is 45.6 Å². The first kappa shape index (κ1) is 15.3. The Kier molecular flexibility index (Phi) is 5.14. The fourth-order valence-corrected chi connectivity index (χ4v) is 2.37. The third kappa shape index (κ3) is 3.51. The summed E-state index contributed by atoms with van der Waals surface area (Å²) in [5.74, 6) is 1.40. The van der Waals surface area contributed by atoms with Crippen molar-refractivity contribution in [3.05, 3.63) is 18.2 Å². The molecule has 114 valence electrons. The van der Waals surface area contributed by atoms with Gasteiger partial charge >= 0.3 is 0 Å². The smallest absolute Gasteiger partial charge is 0.182 e. The molecule has 6 nitrogen and oxygen atoms in total. The number of benzene rings is 1. The van der Waals surface area contributed by atoms with Crippen LogP contribution in [0.1, 0.15) is 45.6 Å². The summed E-state index contributed by atoms with van der Waals surface area (Å²) >= 11 is 0. The van der Waals surface area contributed by atoms with Crippen molar-refractivity contribution >= 4 is 5.69 Å². The van der Waals surface area contributed by atoms with Gasteiger partial charge < -0.3 is 10.5 Å². The van der Waals surface area contributed by atoms with Crippen LogP contribution in [-0.4, -0.2) is 27.3 Å². The number of aromatic nitrogens is 4. The van der Waals surface area contributed by atoms with E-state index < -0.39 is 0 Å². The lowest BCUT2D eigenvalue weighted by Crippen LogP contribution is -2.09. The maximum atomic E-state index is 5.96. The molecule has 0 radical (unpaired) electrons. The number of unbranched alkanes of at least 4 members (excludes halogenated alkanes) is 2. The Balaban J connectivity index is 2.21. The van der Waals surface area contributed by atoms with E-state index in [2.05, 4.69) is 29.4 Å². The molecule has 1 aromatic heterocycles. The van der Waals surface area contributed by atoms with E-state index in [9.17, 15) is 0 Å². The average Bonchev–Trinajstić information content (AvgIpc) is 2.96. The molecule has 1 heterocycles. The van der Waals surface area contributed by atoms with Gasteiger partial charge in [-0.2, -0.15) is 0 Å². The summed E-state index contributed by atoms with van der Waals surface area (Å²) in [6.07, 6.45) is 4.70. The number of ether oxygens (including phenoxy) is 1. The number of hydrogen-bond donors (Lipinski definition) is 1. The Morgan fingerprint density at radius 1 is 1.33 bits per heavy atom. The van der Waals surface area contributed by atoms with Crippen LogP contribution in [-0.2, 0) is 0 Å². The summed E-state index contributed by atoms with van der Waals surface area (Å²) in [4.78, 5) is 0. The molecule has 0 aliphatic heterocycles. The molecule has 1 atom stereocenters. The first-order valence-electron chi connectivity index (χ1n) is 7.39. The lowest BCUT2D eigenvalue weighted by atomic mass is 10.1. The van der Waals surface area contributed by atoms with Crippen LogP contribution in [0.2, 0.25) is 0 Å².